The number of nitrogens with one attached hydrogen (secondary N) is 1. The molecule has 37 heavy (non-hydrogen) atoms. The van der Waals surface area contributed by atoms with E-state index >= 15 is 0 Å². The third kappa shape index (κ3) is 6.00. The van der Waals surface area contributed by atoms with E-state index in [9.17, 15) is 14.9 Å². The lowest BCUT2D eigenvalue weighted by molar-refractivity contribution is 0.0635. The van der Waals surface area contributed by atoms with Gasteiger partial charge in [-0.1, -0.05) is 42.5 Å². The van der Waals surface area contributed by atoms with Crippen LogP contribution < -0.4 is 10.2 Å². The quantitative estimate of drug-likeness (QED) is 0.327. The molecule has 0 radical (unpaired) electrons. The summed E-state index contributed by atoms with van der Waals surface area (Å²) in [5.74, 6) is -0.294. The smallest absolute Gasteiger partial charge is 0.412 e. The maximum absolute atomic E-state index is 13.9. The number of amides is 2. The van der Waals surface area contributed by atoms with Gasteiger partial charge in [-0.2, -0.15) is 5.26 Å². The number of nitriles is 1. The summed E-state index contributed by atoms with van der Waals surface area (Å²) in [7, 11) is 0. The van der Waals surface area contributed by atoms with Crippen molar-refractivity contribution in [1.29, 1.82) is 5.26 Å². The predicted octanol–water partition coefficient (Wildman–Crippen LogP) is 6.95. The fourth-order valence-electron chi connectivity index (χ4n) is 3.76. The minimum Gasteiger partial charge on any atom is -0.444 e. The van der Waals surface area contributed by atoms with Crippen molar-refractivity contribution >= 4 is 29.1 Å². The summed E-state index contributed by atoms with van der Waals surface area (Å²) in [6.07, 6.45) is 1.01. The van der Waals surface area contributed by atoms with Gasteiger partial charge in [-0.15, -0.1) is 0 Å². The standard InChI is InChI=1S/C30H26N4O3/c1-30(2,3)37-29(36)33-25-13-7-8-14-26(25)34(24-11-5-4-6-12-24)28(35)22-17-15-21(16-18-22)27-23(20-31)10-9-19-32-27/h4-19H,1-3H3,(H,33,36). The maximum atomic E-state index is 13.9. The van der Waals surface area contributed by atoms with E-state index in [1.807, 2.05) is 30.3 Å². The molecule has 0 spiro atoms. The van der Waals surface area contributed by atoms with Crippen molar-refractivity contribution in [1.82, 2.24) is 4.98 Å². The molecule has 0 unspecified atom stereocenters. The largest absolute Gasteiger partial charge is 0.444 e. The van der Waals surface area contributed by atoms with Crippen LogP contribution in [0.5, 0.6) is 0 Å². The Morgan fingerprint density at radius 1 is 0.892 bits per heavy atom. The van der Waals surface area contributed by atoms with Crippen molar-refractivity contribution in [2.45, 2.75) is 26.4 Å². The Morgan fingerprint density at radius 3 is 2.24 bits per heavy atom. The maximum Gasteiger partial charge on any atom is 0.412 e. The van der Waals surface area contributed by atoms with Gasteiger partial charge in [-0.3, -0.25) is 20.0 Å². The van der Waals surface area contributed by atoms with Crippen molar-refractivity contribution < 1.29 is 14.3 Å². The summed E-state index contributed by atoms with van der Waals surface area (Å²) in [5, 5.41) is 12.2. The molecule has 7 nitrogen and oxygen atoms in total. The van der Waals surface area contributed by atoms with Crippen molar-refractivity contribution in [2.75, 3.05) is 10.2 Å². The van der Waals surface area contributed by atoms with Gasteiger partial charge in [0.05, 0.1) is 22.6 Å². The number of para-hydroxylation sites is 3. The predicted molar refractivity (Wildman–Crippen MR) is 144 cm³/mol. The first kappa shape index (κ1) is 25.1. The van der Waals surface area contributed by atoms with Crippen LogP contribution in [0.3, 0.4) is 0 Å². The molecule has 3 aromatic carbocycles. The highest BCUT2D eigenvalue weighted by Gasteiger charge is 2.24. The number of nitrogens with zero attached hydrogens (tertiary/aromatic N) is 3. The number of ether oxygens (including phenoxy) is 1. The van der Waals surface area contributed by atoms with E-state index in [1.165, 1.54) is 0 Å². The summed E-state index contributed by atoms with van der Waals surface area (Å²) in [4.78, 5) is 32.3. The van der Waals surface area contributed by atoms with Crippen LogP contribution in [0, 0.1) is 11.3 Å². The van der Waals surface area contributed by atoms with Gasteiger partial charge in [0.15, 0.2) is 0 Å². The van der Waals surface area contributed by atoms with E-state index in [4.69, 9.17) is 4.74 Å². The number of rotatable bonds is 5. The van der Waals surface area contributed by atoms with Gasteiger partial charge in [0.2, 0.25) is 0 Å². The first-order chi connectivity index (χ1) is 17.8. The third-order valence-corrected chi connectivity index (χ3v) is 5.33. The lowest BCUT2D eigenvalue weighted by Crippen LogP contribution is -2.29. The van der Waals surface area contributed by atoms with Gasteiger partial charge in [0, 0.05) is 23.0 Å². The molecule has 0 aliphatic heterocycles. The molecule has 1 aromatic heterocycles. The zero-order valence-electron chi connectivity index (χ0n) is 20.8. The molecule has 1 N–H and O–H groups in total. The van der Waals surface area contributed by atoms with Gasteiger partial charge < -0.3 is 4.74 Å². The van der Waals surface area contributed by atoms with E-state index < -0.39 is 11.7 Å². The molecule has 1 heterocycles. The topological polar surface area (TPSA) is 95.3 Å². The summed E-state index contributed by atoms with van der Waals surface area (Å²) < 4.78 is 5.42. The van der Waals surface area contributed by atoms with E-state index in [2.05, 4.69) is 16.4 Å². The highest BCUT2D eigenvalue weighted by Crippen LogP contribution is 2.34. The lowest BCUT2D eigenvalue weighted by atomic mass is 10.0. The third-order valence-electron chi connectivity index (χ3n) is 5.33. The minimum absolute atomic E-state index is 0.294. The zero-order chi connectivity index (χ0) is 26.4. The van der Waals surface area contributed by atoms with Crippen molar-refractivity contribution in [3.63, 3.8) is 0 Å². The van der Waals surface area contributed by atoms with Crippen LogP contribution in [0.15, 0.2) is 97.2 Å². The van der Waals surface area contributed by atoms with Crippen LogP contribution >= 0.6 is 0 Å². The van der Waals surface area contributed by atoms with Crippen LogP contribution in [-0.2, 0) is 4.74 Å². The Bertz CT molecular complexity index is 1450. The molecule has 184 valence electrons. The molecule has 2 amide bonds. The number of carbonyl (C=O) groups is 2. The molecule has 0 aliphatic rings. The lowest BCUT2D eigenvalue weighted by Gasteiger charge is -2.26. The number of hydrogen-bond donors (Lipinski definition) is 1. The van der Waals surface area contributed by atoms with Crippen molar-refractivity contribution in [3.05, 3.63) is 108 Å². The molecule has 0 bridgehead atoms. The van der Waals surface area contributed by atoms with Crippen LogP contribution in [0.4, 0.5) is 21.9 Å². The van der Waals surface area contributed by atoms with Gasteiger partial charge in [-0.05, 0) is 69.3 Å². The highest BCUT2D eigenvalue weighted by molar-refractivity contribution is 6.13. The average molecular weight is 491 g/mol. The second-order valence-corrected chi connectivity index (χ2v) is 9.21. The molecule has 0 saturated heterocycles. The van der Waals surface area contributed by atoms with Gasteiger partial charge >= 0.3 is 6.09 Å². The summed E-state index contributed by atoms with van der Waals surface area (Å²) in [6, 6.07) is 28.7. The van der Waals surface area contributed by atoms with Crippen LogP contribution in [0.1, 0.15) is 36.7 Å². The fourth-order valence-corrected chi connectivity index (χ4v) is 3.76. The molecule has 4 rings (SSSR count). The summed E-state index contributed by atoms with van der Waals surface area (Å²) in [6.45, 7) is 5.35. The van der Waals surface area contributed by atoms with E-state index in [0.29, 0.717) is 33.9 Å². The van der Waals surface area contributed by atoms with Gasteiger partial charge in [0.1, 0.15) is 11.7 Å². The molecule has 4 aromatic rings. The fraction of sp³-hybridized carbons (Fsp3) is 0.133. The Kier molecular flexibility index (Phi) is 7.31. The van der Waals surface area contributed by atoms with Gasteiger partial charge in [-0.25, -0.2) is 4.79 Å². The number of carbonyl (C=O) groups excluding carboxylic acids is 2. The SMILES string of the molecule is CC(C)(C)OC(=O)Nc1ccccc1N(C(=O)c1ccc(-c2ncccc2C#N)cc1)c1ccccc1. The Balaban J connectivity index is 1.72. The molecule has 0 saturated carbocycles. The summed E-state index contributed by atoms with van der Waals surface area (Å²) in [5.41, 5.74) is 3.04. The molecule has 7 heteroatoms. The Hall–Kier alpha value is -4.96. The molecular formula is C30H26N4O3. The average Bonchev–Trinajstić information content (AvgIpc) is 2.89. The van der Waals surface area contributed by atoms with Gasteiger partial charge in [0.25, 0.3) is 5.91 Å². The van der Waals surface area contributed by atoms with Crippen LogP contribution in [-0.4, -0.2) is 22.6 Å². The Morgan fingerprint density at radius 2 is 1.57 bits per heavy atom. The second-order valence-electron chi connectivity index (χ2n) is 9.21. The normalized spacial score (nSPS) is 10.8. The number of anilines is 3. The highest BCUT2D eigenvalue weighted by atomic mass is 16.6. The number of aromatic nitrogens is 1. The minimum atomic E-state index is -0.672. The Labute approximate surface area is 216 Å². The zero-order valence-corrected chi connectivity index (χ0v) is 20.8. The summed E-state index contributed by atoms with van der Waals surface area (Å²) >= 11 is 0. The first-order valence-corrected chi connectivity index (χ1v) is 11.7. The van der Waals surface area contributed by atoms with Crippen molar-refractivity contribution in [3.8, 4) is 17.3 Å². The molecule has 0 aliphatic carbocycles. The number of hydrogen-bond acceptors (Lipinski definition) is 5. The number of pyridine rings is 1. The van der Waals surface area contributed by atoms with Crippen LogP contribution in [0.2, 0.25) is 0 Å². The second kappa shape index (κ2) is 10.8. The monoisotopic (exact) mass is 490 g/mol. The first-order valence-electron chi connectivity index (χ1n) is 11.7. The van der Waals surface area contributed by atoms with Crippen molar-refractivity contribution in [2.24, 2.45) is 0 Å². The van der Waals surface area contributed by atoms with E-state index in [-0.39, 0.29) is 5.91 Å². The van der Waals surface area contributed by atoms with Crippen LogP contribution in [0.25, 0.3) is 11.3 Å². The molecular weight excluding hydrogens is 464 g/mol. The number of benzene rings is 3. The molecule has 0 fully saturated rings. The molecule has 0 atom stereocenters. The van der Waals surface area contributed by atoms with E-state index in [1.54, 1.807) is 92.5 Å². The van der Waals surface area contributed by atoms with E-state index in [0.717, 1.165) is 5.56 Å².